The molecule has 0 aliphatic rings. The second kappa shape index (κ2) is 5.03. The number of carbonyl (C=O) groups is 1. The smallest absolute Gasteiger partial charge is 0.420 e. The van der Waals surface area contributed by atoms with E-state index >= 15 is 0 Å². The van der Waals surface area contributed by atoms with Crippen molar-refractivity contribution in [3.63, 3.8) is 0 Å². The maximum Gasteiger partial charge on any atom is 0.420 e. The van der Waals surface area contributed by atoms with Crippen LogP contribution < -0.4 is 0 Å². The maximum absolute atomic E-state index is 12.5. The van der Waals surface area contributed by atoms with Crippen molar-refractivity contribution >= 4 is 17.6 Å². The quantitative estimate of drug-likeness (QED) is 0.818. The highest BCUT2D eigenvalue weighted by molar-refractivity contribution is 6.32. The largest absolute Gasteiger partial charge is 0.506 e. The summed E-state index contributed by atoms with van der Waals surface area (Å²) in [6.07, 6.45) is -6.77. The van der Waals surface area contributed by atoms with Gasteiger partial charge in [-0.05, 0) is 17.7 Å². The van der Waals surface area contributed by atoms with Crippen molar-refractivity contribution in [3.05, 3.63) is 28.3 Å². The molecule has 2 N–H and O–H groups in total. The summed E-state index contributed by atoms with van der Waals surface area (Å²) in [5.41, 5.74) is -1.86. The van der Waals surface area contributed by atoms with Gasteiger partial charge in [0.05, 0.1) is 17.7 Å². The van der Waals surface area contributed by atoms with Crippen molar-refractivity contribution in [3.8, 4) is 5.75 Å². The molecule has 0 aromatic heterocycles. The number of alkyl halides is 3. The van der Waals surface area contributed by atoms with E-state index in [0.29, 0.717) is 6.07 Å². The minimum atomic E-state index is -4.86. The molecule has 100 valence electrons. The fourth-order valence-electron chi connectivity index (χ4n) is 1.24. The molecule has 1 aromatic rings. The molecule has 0 radical (unpaired) electrons. The van der Waals surface area contributed by atoms with Gasteiger partial charge >= 0.3 is 12.1 Å². The van der Waals surface area contributed by atoms with Crippen molar-refractivity contribution in [1.82, 2.24) is 0 Å². The number of aliphatic hydroxyl groups excluding tert-OH is 1. The molecule has 1 unspecified atom stereocenters. The molecule has 0 aliphatic heterocycles. The van der Waals surface area contributed by atoms with Crippen molar-refractivity contribution in [2.45, 2.75) is 12.3 Å². The first-order chi connectivity index (χ1) is 8.18. The maximum atomic E-state index is 12.5. The number of aliphatic hydroxyl groups is 1. The van der Waals surface area contributed by atoms with Gasteiger partial charge in [-0.1, -0.05) is 11.6 Å². The van der Waals surface area contributed by atoms with Gasteiger partial charge < -0.3 is 14.9 Å². The fraction of sp³-hybridized carbons (Fsp3) is 0.300. The summed E-state index contributed by atoms with van der Waals surface area (Å²) in [5, 5.41) is 18.0. The summed E-state index contributed by atoms with van der Waals surface area (Å²) in [6, 6.07) is 1.29. The predicted octanol–water partition coefficient (Wildman–Crippen LogP) is 2.27. The highest BCUT2D eigenvalue weighted by Gasteiger charge is 2.36. The number of ether oxygens (including phenoxy) is 1. The molecule has 1 rings (SSSR count). The van der Waals surface area contributed by atoms with Crippen molar-refractivity contribution in [1.29, 1.82) is 0 Å². The number of rotatable bonds is 2. The first kappa shape index (κ1) is 14.6. The molecule has 0 saturated heterocycles. The van der Waals surface area contributed by atoms with Crippen molar-refractivity contribution in [2.24, 2.45) is 0 Å². The van der Waals surface area contributed by atoms with E-state index in [2.05, 4.69) is 4.74 Å². The number of benzene rings is 1. The topological polar surface area (TPSA) is 66.8 Å². The van der Waals surface area contributed by atoms with Crippen LogP contribution in [0.15, 0.2) is 12.1 Å². The molecule has 4 nitrogen and oxygen atoms in total. The Balaban J connectivity index is 3.33. The number of phenolic OH excluding ortho intramolecular Hbond substituents is 1. The number of hydrogen-bond acceptors (Lipinski definition) is 4. The molecule has 0 spiro atoms. The number of methoxy groups -OCH3 is 1. The summed E-state index contributed by atoms with van der Waals surface area (Å²) in [5.74, 6) is -2.30. The number of esters is 1. The van der Waals surface area contributed by atoms with Crippen LogP contribution >= 0.6 is 11.6 Å². The van der Waals surface area contributed by atoms with Crippen LogP contribution in [-0.4, -0.2) is 23.3 Å². The van der Waals surface area contributed by atoms with Gasteiger partial charge in [0.1, 0.15) is 5.75 Å². The zero-order valence-electron chi connectivity index (χ0n) is 8.95. The van der Waals surface area contributed by atoms with E-state index in [-0.39, 0.29) is 0 Å². The van der Waals surface area contributed by atoms with Gasteiger partial charge in [-0.15, -0.1) is 0 Å². The lowest BCUT2D eigenvalue weighted by Crippen LogP contribution is -2.15. The highest BCUT2D eigenvalue weighted by atomic mass is 35.5. The second-order valence-corrected chi connectivity index (χ2v) is 3.73. The standard InChI is InChI=1S/C10H8ClF3O4/c1-18-9(17)7(15)4-2-5(10(12,13)14)8(16)6(11)3-4/h2-3,7,15-16H,1H3. The molecule has 1 aromatic carbocycles. The molecule has 0 saturated carbocycles. The van der Waals surface area contributed by atoms with Gasteiger partial charge in [-0.25, -0.2) is 4.79 Å². The minimum absolute atomic E-state index is 0.419. The molecule has 8 heteroatoms. The highest BCUT2D eigenvalue weighted by Crippen LogP contribution is 2.41. The molecular formula is C10H8ClF3O4. The monoisotopic (exact) mass is 284 g/mol. The molecule has 0 fully saturated rings. The summed E-state index contributed by atoms with van der Waals surface area (Å²) in [7, 11) is 0.970. The third-order valence-corrected chi connectivity index (χ3v) is 2.42. The Hall–Kier alpha value is -1.47. The van der Waals surface area contributed by atoms with Crippen LogP contribution in [0.2, 0.25) is 5.02 Å². The van der Waals surface area contributed by atoms with Crippen LogP contribution in [-0.2, 0) is 15.7 Å². The third kappa shape index (κ3) is 2.85. The van der Waals surface area contributed by atoms with E-state index < -0.39 is 40.1 Å². The SMILES string of the molecule is COC(=O)C(O)c1cc(Cl)c(O)c(C(F)(F)F)c1. The van der Waals surface area contributed by atoms with Crippen LogP contribution in [0.1, 0.15) is 17.2 Å². The van der Waals surface area contributed by atoms with Crippen LogP contribution in [0.25, 0.3) is 0 Å². The number of aromatic hydroxyl groups is 1. The minimum Gasteiger partial charge on any atom is -0.506 e. The zero-order valence-corrected chi connectivity index (χ0v) is 9.71. The molecular weight excluding hydrogens is 277 g/mol. The van der Waals surface area contributed by atoms with Crippen LogP contribution in [0, 0.1) is 0 Å². The van der Waals surface area contributed by atoms with Crippen molar-refractivity contribution in [2.75, 3.05) is 7.11 Å². The Morgan fingerprint density at radius 3 is 2.44 bits per heavy atom. The van der Waals surface area contributed by atoms with E-state index in [1.807, 2.05) is 0 Å². The predicted molar refractivity (Wildman–Crippen MR) is 55.1 cm³/mol. The van der Waals surface area contributed by atoms with Gasteiger partial charge in [0.25, 0.3) is 0 Å². The Morgan fingerprint density at radius 2 is 2.00 bits per heavy atom. The molecule has 0 amide bonds. The van der Waals surface area contributed by atoms with Gasteiger partial charge in [0.15, 0.2) is 6.10 Å². The van der Waals surface area contributed by atoms with E-state index in [9.17, 15) is 28.2 Å². The third-order valence-electron chi connectivity index (χ3n) is 2.13. The molecule has 1 atom stereocenters. The van der Waals surface area contributed by atoms with E-state index in [0.717, 1.165) is 13.2 Å². The molecule has 0 aliphatic carbocycles. The zero-order chi connectivity index (χ0) is 14.1. The number of phenols is 1. The summed E-state index contributed by atoms with van der Waals surface area (Å²) < 4.78 is 41.8. The number of hydrogen-bond donors (Lipinski definition) is 2. The van der Waals surface area contributed by atoms with Gasteiger partial charge in [-0.3, -0.25) is 0 Å². The molecule has 0 heterocycles. The first-order valence-corrected chi connectivity index (χ1v) is 4.91. The van der Waals surface area contributed by atoms with E-state index in [1.54, 1.807) is 0 Å². The van der Waals surface area contributed by atoms with Gasteiger partial charge in [0.2, 0.25) is 0 Å². The Bertz CT molecular complexity index is 473. The Kier molecular flexibility index (Phi) is 4.08. The number of halogens is 4. The Morgan fingerprint density at radius 1 is 1.44 bits per heavy atom. The molecule has 0 bridgehead atoms. The summed E-state index contributed by atoms with van der Waals surface area (Å²) >= 11 is 5.40. The summed E-state index contributed by atoms with van der Waals surface area (Å²) in [4.78, 5) is 11.0. The lowest BCUT2D eigenvalue weighted by Gasteiger charge is -2.14. The van der Waals surface area contributed by atoms with Crippen LogP contribution in [0.5, 0.6) is 5.75 Å². The van der Waals surface area contributed by atoms with Gasteiger partial charge in [-0.2, -0.15) is 13.2 Å². The van der Waals surface area contributed by atoms with E-state index in [4.69, 9.17) is 11.6 Å². The van der Waals surface area contributed by atoms with Crippen molar-refractivity contribution < 1.29 is 32.9 Å². The Labute approximate surface area is 105 Å². The lowest BCUT2D eigenvalue weighted by molar-refractivity contribution is -0.151. The van der Waals surface area contributed by atoms with Gasteiger partial charge in [0, 0.05) is 0 Å². The average molecular weight is 285 g/mol. The van der Waals surface area contributed by atoms with E-state index in [1.165, 1.54) is 0 Å². The summed E-state index contributed by atoms with van der Waals surface area (Å²) in [6.45, 7) is 0. The number of carbonyl (C=O) groups excluding carboxylic acids is 1. The second-order valence-electron chi connectivity index (χ2n) is 3.32. The van der Waals surface area contributed by atoms with Crippen LogP contribution in [0.3, 0.4) is 0 Å². The normalized spacial score (nSPS) is 13.2. The molecule has 18 heavy (non-hydrogen) atoms. The first-order valence-electron chi connectivity index (χ1n) is 4.54. The average Bonchev–Trinajstić information content (AvgIpc) is 2.28. The lowest BCUT2D eigenvalue weighted by atomic mass is 10.0. The fourth-order valence-corrected chi connectivity index (χ4v) is 1.47. The van der Waals surface area contributed by atoms with Crippen LogP contribution in [0.4, 0.5) is 13.2 Å².